The Morgan fingerprint density at radius 1 is 1.35 bits per heavy atom. The van der Waals surface area contributed by atoms with Crippen molar-refractivity contribution in [3.8, 4) is 0 Å². The fourth-order valence-corrected chi connectivity index (χ4v) is 2.49. The maximum Gasteiger partial charge on any atom is 0.304 e. The van der Waals surface area contributed by atoms with Crippen LogP contribution in [0.3, 0.4) is 0 Å². The number of aliphatic carboxylic acids is 1. The van der Waals surface area contributed by atoms with Gasteiger partial charge in [0.25, 0.3) is 0 Å². The van der Waals surface area contributed by atoms with Gasteiger partial charge in [0.15, 0.2) is 0 Å². The van der Waals surface area contributed by atoms with Crippen molar-refractivity contribution in [2.75, 3.05) is 6.54 Å². The molecule has 1 atom stereocenters. The van der Waals surface area contributed by atoms with Gasteiger partial charge < -0.3 is 10.4 Å². The molecule has 2 rings (SSSR count). The third kappa shape index (κ3) is 3.30. The average molecular weight is 233 g/mol. The summed E-state index contributed by atoms with van der Waals surface area (Å²) in [4.78, 5) is 10.5. The van der Waals surface area contributed by atoms with E-state index in [9.17, 15) is 4.79 Å². The third-order valence-electron chi connectivity index (χ3n) is 3.35. The van der Waals surface area contributed by atoms with Gasteiger partial charge in [0.05, 0.1) is 6.42 Å². The smallest absolute Gasteiger partial charge is 0.304 e. The van der Waals surface area contributed by atoms with Gasteiger partial charge in [-0.3, -0.25) is 4.79 Å². The van der Waals surface area contributed by atoms with E-state index in [0.29, 0.717) is 12.6 Å². The summed E-state index contributed by atoms with van der Waals surface area (Å²) >= 11 is 0. The first kappa shape index (κ1) is 12.1. The van der Waals surface area contributed by atoms with E-state index in [1.165, 1.54) is 24.0 Å². The molecule has 0 saturated carbocycles. The number of aryl methyl sites for hydroxylation is 1. The number of carboxylic acids is 1. The van der Waals surface area contributed by atoms with Crippen molar-refractivity contribution >= 4 is 5.97 Å². The Morgan fingerprint density at radius 2 is 2.18 bits per heavy atom. The molecule has 0 bridgehead atoms. The predicted molar refractivity (Wildman–Crippen MR) is 67.0 cm³/mol. The molecule has 1 aromatic rings. The van der Waals surface area contributed by atoms with Crippen molar-refractivity contribution in [3.05, 3.63) is 35.4 Å². The lowest BCUT2D eigenvalue weighted by Gasteiger charge is -2.18. The first-order valence-electron chi connectivity index (χ1n) is 6.30. The molecule has 3 nitrogen and oxygen atoms in total. The maximum absolute atomic E-state index is 10.5. The van der Waals surface area contributed by atoms with E-state index in [-0.39, 0.29) is 6.42 Å². The number of hydrogen-bond acceptors (Lipinski definition) is 2. The summed E-state index contributed by atoms with van der Waals surface area (Å²) in [7, 11) is 0. The lowest BCUT2D eigenvalue weighted by atomic mass is 9.99. The minimum Gasteiger partial charge on any atom is -0.481 e. The molecular formula is C14H19NO2. The quantitative estimate of drug-likeness (QED) is 0.786. The van der Waals surface area contributed by atoms with Crippen LogP contribution in [0.5, 0.6) is 0 Å². The van der Waals surface area contributed by atoms with Gasteiger partial charge in [-0.15, -0.1) is 0 Å². The zero-order valence-corrected chi connectivity index (χ0v) is 9.98. The van der Waals surface area contributed by atoms with Crippen LogP contribution in [0.1, 0.15) is 42.9 Å². The number of hydrogen-bond donors (Lipinski definition) is 2. The fourth-order valence-electron chi connectivity index (χ4n) is 2.49. The summed E-state index contributed by atoms with van der Waals surface area (Å²) in [6.07, 6.45) is 4.89. The van der Waals surface area contributed by atoms with E-state index in [4.69, 9.17) is 5.11 Å². The molecule has 2 N–H and O–H groups in total. The van der Waals surface area contributed by atoms with E-state index in [2.05, 4.69) is 29.6 Å². The minimum atomic E-state index is -0.737. The first-order chi connectivity index (χ1) is 8.27. The van der Waals surface area contributed by atoms with Gasteiger partial charge in [-0.2, -0.15) is 0 Å². The van der Waals surface area contributed by atoms with Gasteiger partial charge in [-0.25, -0.2) is 0 Å². The highest BCUT2D eigenvalue weighted by molar-refractivity contribution is 5.66. The Hall–Kier alpha value is -1.35. The Bertz CT molecular complexity index is 390. The number of benzene rings is 1. The zero-order chi connectivity index (χ0) is 12.1. The summed E-state index contributed by atoms with van der Waals surface area (Å²) in [5, 5.41) is 12.0. The molecule has 0 heterocycles. The van der Waals surface area contributed by atoms with Crippen LogP contribution in [0.2, 0.25) is 0 Å². The Labute approximate surface area is 102 Å². The summed E-state index contributed by atoms with van der Waals surface area (Å²) in [6.45, 7) is 0.550. The fraction of sp³-hybridized carbons (Fsp3) is 0.500. The topological polar surface area (TPSA) is 49.3 Å². The van der Waals surface area contributed by atoms with Crippen molar-refractivity contribution in [1.82, 2.24) is 5.32 Å². The lowest BCUT2D eigenvalue weighted by molar-refractivity contribution is -0.136. The summed E-state index contributed by atoms with van der Waals surface area (Å²) in [6, 6.07) is 8.83. The molecule has 0 amide bonds. The second kappa shape index (κ2) is 5.82. The van der Waals surface area contributed by atoms with E-state index in [1.807, 2.05) is 0 Å². The number of nitrogens with one attached hydrogen (secondary N) is 1. The molecule has 1 aromatic carbocycles. The molecule has 3 heteroatoms. The third-order valence-corrected chi connectivity index (χ3v) is 3.35. The molecule has 0 radical (unpaired) electrons. The van der Waals surface area contributed by atoms with Crippen molar-refractivity contribution < 1.29 is 9.90 Å². The van der Waals surface area contributed by atoms with Gasteiger partial charge in [0.2, 0.25) is 0 Å². The highest BCUT2D eigenvalue weighted by atomic mass is 16.4. The molecule has 0 spiro atoms. The number of carbonyl (C=O) groups is 1. The van der Waals surface area contributed by atoms with Crippen molar-refractivity contribution in [1.29, 1.82) is 0 Å². The van der Waals surface area contributed by atoms with Crippen LogP contribution >= 0.6 is 0 Å². The van der Waals surface area contributed by atoms with E-state index in [0.717, 1.165) is 12.8 Å². The number of rotatable bonds is 4. The monoisotopic (exact) mass is 233 g/mol. The average Bonchev–Trinajstić information content (AvgIpc) is 2.52. The first-order valence-corrected chi connectivity index (χ1v) is 6.30. The van der Waals surface area contributed by atoms with Crippen LogP contribution in [-0.4, -0.2) is 17.6 Å². The standard InChI is InChI=1S/C14H19NO2/c16-14(17)9-10-15-13-8-4-2-6-11-5-1-3-7-12(11)13/h1,3,5,7,13,15H,2,4,6,8-10H2,(H,16,17). The van der Waals surface area contributed by atoms with Crippen molar-refractivity contribution in [2.45, 2.75) is 38.1 Å². The van der Waals surface area contributed by atoms with Crippen molar-refractivity contribution in [2.24, 2.45) is 0 Å². The van der Waals surface area contributed by atoms with Gasteiger partial charge >= 0.3 is 5.97 Å². The Morgan fingerprint density at radius 3 is 3.00 bits per heavy atom. The van der Waals surface area contributed by atoms with E-state index >= 15 is 0 Å². The molecule has 1 unspecified atom stereocenters. The molecule has 17 heavy (non-hydrogen) atoms. The molecule has 92 valence electrons. The van der Waals surface area contributed by atoms with Crippen molar-refractivity contribution in [3.63, 3.8) is 0 Å². The van der Waals surface area contributed by atoms with Crippen LogP contribution < -0.4 is 5.32 Å². The number of fused-ring (bicyclic) bond motifs is 1. The van der Waals surface area contributed by atoms with Gasteiger partial charge in [0.1, 0.15) is 0 Å². The molecule has 0 saturated heterocycles. The minimum absolute atomic E-state index is 0.193. The molecular weight excluding hydrogens is 214 g/mol. The SMILES string of the molecule is O=C(O)CCNC1CCCCc2ccccc21. The normalized spacial score (nSPS) is 19.4. The Kier molecular flexibility index (Phi) is 4.15. The lowest BCUT2D eigenvalue weighted by Crippen LogP contribution is -2.24. The molecule has 0 aromatic heterocycles. The van der Waals surface area contributed by atoms with Gasteiger partial charge in [0, 0.05) is 12.6 Å². The Balaban J connectivity index is 2.04. The van der Waals surface area contributed by atoms with E-state index in [1.54, 1.807) is 0 Å². The summed E-state index contributed by atoms with van der Waals surface area (Å²) < 4.78 is 0. The van der Waals surface area contributed by atoms with Crippen LogP contribution in [0, 0.1) is 0 Å². The largest absolute Gasteiger partial charge is 0.481 e. The summed E-state index contributed by atoms with van der Waals surface area (Å²) in [5.74, 6) is -0.737. The predicted octanol–water partition coefficient (Wildman–Crippen LogP) is 2.52. The van der Waals surface area contributed by atoms with Gasteiger partial charge in [-0.1, -0.05) is 30.7 Å². The molecule has 1 aliphatic carbocycles. The maximum atomic E-state index is 10.5. The van der Waals surface area contributed by atoms with Crippen LogP contribution in [0.25, 0.3) is 0 Å². The van der Waals surface area contributed by atoms with E-state index < -0.39 is 5.97 Å². The molecule has 0 fully saturated rings. The van der Waals surface area contributed by atoms with Gasteiger partial charge in [-0.05, 0) is 30.4 Å². The molecule has 1 aliphatic rings. The van der Waals surface area contributed by atoms with Crippen LogP contribution in [-0.2, 0) is 11.2 Å². The summed E-state index contributed by atoms with van der Waals surface area (Å²) in [5.41, 5.74) is 2.77. The van der Waals surface area contributed by atoms with Crippen LogP contribution in [0.15, 0.2) is 24.3 Å². The highest BCUT2D eigenvalue weighted by Crippen LogP contribution is 2.28. The second-order valence-corrected chi connectivity index (χ2v) is 4.60. The number of carboxylic acid groups (broad SMARTS) is 1. The zero-order valence-electron chi connectivity index (χ0n) is 9.98. The molecule has 0 aliphatic heterocycles. The second-order valence-electron chi connectivity index (χ2n) is 4.60. The highest BCUT2D eigenvalue weighted by Gasteiger charge is 2.17. The van der Waals surface area contributed by atoms with Crippen LogP contribution in [0.4, 0.5) is 0 Å².